The summed E-state index contributed by atoms with van der Waals surface area (Å²) < 4.78 is 4.68. The van der Waals surface area contributed by atoms with Gasteiger partial charge in [-0.1, -0.05) is 0 Å². The molecule has 0 aromatic carbocycles. The molecule has 2 rings (SSSR count). The maximum atomic E-state index is 11.7. The molecule has 1 fully saturated rings. The van der Waals surface area contributed by atoms with Gasteiger partial charge >= 0.3 is 5.97 Å². The molecule has 0 spiro atoms. The molecule has 1 N–H and O–H groups in total. The minimum atomic E-state index is -0.407. The third-order valence-corrected chi connectivity index (χ3v) is 3.19. The summed E-state index contributed by atoms with van der Waals surface area (Å²) in [5.74, 6) is 0.239. The van der Waals surface area contributed by atoms with Crippen molar-refractivity contribution in [2.45, 2.75) is 25.8 Å². The maximum Gasteiger partial charge on any atom is 0.339 e. The Morgan fingerprint density at radius 1 is 1.45 bits per heavy atom. The van der Waals surface area contributed by atoms with Gasteiger partial charge in [0.15, 0.2) is 0 Å². The fourth-order valence-electron chi connectivity index (χ4n) is 1.88. The summed E-state index contributed by atoms with van der Waals surface area (Å²) in [6.07, 6.45) is 2.14. The normalized spacial score (nSPS) is 13.8. The number of esters is 1. The lowest BCUT2D eigenvalue weighted by atomic mass is 10.2. The van der Waals surface area contributed by atoms with Gasteiger partial charge < -0.3 is 15.0 Å². The number of anilines is 1. The molecular formula is C14H19N3O3. The number of aryl methyl sites for hydroxylation is 1. The molecule has 1 aliphatic rings. The second kappa shape index (κ2) is 5.90. The van der Waals surface area contributed by atoms with Crippen LogP contribution in [0.15, 0.2) is 12.1 Å². The number of nitrogens with zero attached hydrogens (tertiary/aromatic N) is 2. The first-order valence-electron chi connectivity index (χ1n) is 6.57. The van der Waals surface area contributed by atoms with E-state index >= 15 is 0 Å². The van der Waals surface area contributed by atoms with Crippen molar-refractivity contribution in [2.24, 2.45) is 0 Å². The van der Waals surface area contributed by atoms with Gasteiger partial charge in [-0.3, -0.25) is 4.79 Å². The van der Waals surface area contributed by atoms with Crippen molar-refractivity contribution in [3.63, 3.8) is 0 Å². The number of rotatable bonds is 5. The van der Waals surface area contributed by atoms with Crippen LogP contribution in [0, 0.1) is 6.92 Å². The van der Waals surface area contributed by atoms with Crippen LogP contribution >= 0.6 is 0 Å². The van der Waals surface area contributed by atoms with E-state index in [9.17, 15) is 9.59 Å². The fraction of sp³-hybridized carbons (Fsp3) is 0.500. The predicted octanol–water partition coefficient (Wildman–Crippen LogP) is 0.891. The van der Waals surface area contributed by atoms with Crippen LogP contribution in [0.4, 0.5) is 5.82 Å². The highest BCUT2D eigenvalue weighted by atomic mass is 16.5. The molecule has 0 bridgehead atoms. The van der Waals surface area contributed by atoms with E-state index in [4.69, 9.17) is 0 Å². The number of nitrogens with one attached hydrogen (secondary N) is 1. The molecule has 1 amide bonds. The van der Waals surface area contributed by atoms with Crippen LogP contribution in [-0.2, 0) is 9.53 Å². The summed E-state index contributed by atoms with van der Waals surface area (Å²) in [4.78, 5) is 29.3. The standard InChI is InChI=1S/C14H19N3O3/c1-9-11(14(19)20-3)6-7-12(15-9)17(2)8-13(18)16-10-4-5-10/h6-7,10H,4-5,8H2,1-3H3,(H,16,18). The molecular weight excluding hydrogens is 258 g/mol. The molecule has 1 saturated carbocycles. The van der Waals surface area contributed by atoms with Gasteiger partial charge in [0.1, 0.15) is 5.82 Å². The maximum absolute atomic E-state index is 11.7. The number of methoxy groups -OCH3 is 1. The highest BCUT2D eigenvalue weighted by Crippen LogP contribution is 2.19. The first-order valence-corrected chi connectivity index (χ1v) is 6.57. The third kappa shape index (κ3) is 3.46. The number of aromatic nitrogens is 1. The number of carbonyl (C=O) groups is 2. The van der Waals surface area contributed by atoms with E-state index in [1.54, 1.807) is 31.0 Å². The van der Waals surface area contributed by atoms with E-state index in [0.717, 1.165) is 12.8 Å². The Labute approximate surface area is 118 Å². The summed E-state index contributed by atoms with van der Waals surface area (Å²) in [6.45, 7) is 1.99. The summed E-state index contributed by atoms with van der Waals surface area (Å²) in [6, 6.07) is 3.73. The molecule has 0 unspecified atom stereocenters. The number of amides is 1. The van der Waals surface area contributed by atoms with Crippen molar-refractivity contribution in [2.75, 3.05) is 25.6 Å². The smallest absolute Gasteiger partial charge is 0.339 e. The first kappa shape index (κ1) is 14.3. The van der Waals surface area contributed by atoms with E-state index in [2.05, 4.69) is 15.0 Å². The molecule has 0 aliphatic heterocycles. The van der Waals surface area contributed by atoms with Gasteiger partial charge in [0.05, 0.1) is 24.9 Å². The Kier molecular flexibility index (Phi) is 4.22. The largest absolute Gasteiger partial charge is 0.465 e. The lowest BCUT2D eigenvalue weighted by molar-refractivity contribution is -0.119. The highest BCUT2D eigenvalue weighted by molar-refractivity contribution is 5.90. The van der Waals surface area contributed by atoms with Crippen LogP contribution < -0.4 is 10.2 Å². The highest BCUT2D eigenvalue weighted by Gasteiger charge is 2.23. The predicted molar refractivity (Wildman–Crippen MR) is 74.7 cm³/mol. The number of likely N-dealkylation sites (N-methyl/N-ethyl adjacent to an activating group) is 1. The first-order chi connectivity index (χ1) is 9.51. The van der Waals surface area contributed by atoms with E-state index < -0.39 is 5.97 Å². The van der Waals surface area contributed by atoms with Gasteiger partial charge in [0, 0.05) is 13.1 Å². The van der Waals surface area contributed by atoms with E-state index in [1.165, 1.54) is 7.11 Å². The molecule has 1 aromatic heterocycles. The topological polar surface area (TPSA) is 71.5 Å². The molecule has 1 heterocycles. The van der Waals surface area contributed by atoms with Crippen molar-refractivity contribution < 1.29 is 14.3 Å². The Hall–Kier alpha value is -2.11. The van der Waals surface area contributed by atoms with Crippen LogP contribution in [0.5, 0.6) is 0 Å². The van der Waals surface area contributed by atoms with Crippen molar-refractivity contribution in [1.82, 2.24) is 10.3 Å². The Balaban J connectivity index is 2.02. The van der Waals surface area contributed by atoms with Crippen LogP contribution in [0.1, 0.15) is 28.9 Å². The van der Waals surface area contributed by atoms with Gasteiger partial charge in [0.25, 0.3) is 0 Å². The molecule has 0 atom stereocenters. The Bertz CT molecular complexity index is 526. The van der Waals surface area contributed by atoms with Crippen molar-refractivity contribution in [1.29, 1.82) is 0 Å². The van der Waals surface area contributed by atoms with Gasteiger partial charge in [-0.15, -0.1) is 0 Å². The van der Waals surface area contributed by atoms with Crippen LogP contribution in [0.25, 0.3) is 0 Å². The number of hydrogen-bond acceptors (Lipinski definition) is 5. The van der Waals surface area contributed by atoms with Gasteiger partial charge in [0.2, 0.25) is 5.91 Å². The molecule has 0 radical (unpaired) electrons. The van der Waals surface area contributed by atoms with E-state index in [1.807, 2.05) is 0 Å². The summed E-state index contributed by atoms with van der Waals surface area (Å²) >= 11 is 0. The van der Waals surface area contributed by atoms with Gasteiger partial charge in [-0.25, -0.2) is 9.78 Å². The van der Waals surface area contributed by atoms with Crippen LogP contribution in [0.3, 0.4) is 0 Å². The number of carbonyl (C=O) groups excluding carboxylic acids is 2. The Morgan fingerprint density at radius 2 is 2.15 bits per heavy atom. The monoisotopic (exact) mass is 277 g/mol. The third-order valence-electron chi connectivity index (χ3n) is 3.19. The summed E-state index contributed by atoms with van der Waals surface area (Å²) in [5.41, 5.74) is 1.02. The second-order valence-electron chi connectivity index (χ2n) is 4.99. The molecule has 6 nitrogen and oxygen atoms in total. The molecule has 1 aromatic rings. The average Bonchev–Trinajstić information content (AvgIpc) is 3.21. The molecule has 108 valence electrons. The lowest BCUT2D eigenvalue weighted by Gasteiger charge is -2.18. The van der Waals surface area contributed by atoms with Crippen LogP contribution in [-0.4, -0.2) is 43.6 Å². The molecule has 20 heavy (non-hydrogen) atoms. The average molecular weight is 277 g/mol. The van der Waals surface area contributed by atoms with Crippen molar-refractivity contribution in [3.8, 4) is 0 Å². The van der Waals surface area contributed by atoms with Crippen LogP contribution in [0.2, 0.25) is 0 Å². The zero-order valence-electron chi connectivity index (χ0n) is 12.0. The molecule has 0 saturated heterocycles. The molecule has 6 heteroatoms. The van der Waals surface area contributed by atoms with Gasteiger partial charge in [-0.05, 0) is 31.9 Å². The van der Waals surface area contributed by atoms with Crippen molar-refractivity contribution >= 4 is 17.7 Å². The summed E-state index contributed by atoms with van der Waals surface area (Å²) in [5, 5.41) is 2.93. The number of pyridine rings is 1. The minimum absolute atomic E-state index is 0.00787. The number of ether oxygens (including phenoxy) is 1. The summed E-state index contributed by atoms with van der Waals surface area (Å²) in [7, 11) is 3.14. The SMILES string of the molecule is COC(=O)c1ccc(N(C)CC(=O)NC2CC2)nc1C. The lowest BCUT2D eigenvalue weighted by Crippen LogP contribution is -2.36. The fourth-order valence-corrected chi connectivity index (χ4v) is 1.88. The second-order valence-corrected chi connectivity index (χ2v) is 4.99. The van der Waals surface area contributed by atoms with Gasteiger partial charge in [-0.2, -0.15) is 0 Å². The quantitative estimate of drug-likeness (QED) is 0.809. The minimum Gasteiger partial charge on any atom is -0.465 e. The zero-order valence-corrected chi connectivity index (χ0v) is 12.0. The number of hydrogen-bond donors (Lipinski definition) is 1. The Morgan fingerprint density at radius 3 is 2.70 bits per heavy atom. The van der Waals surface area contributed by atoms with Crippen molar-refractivity contribution in [3.05, 3.63) is 23.4 Å². The van der Waals surface area contributed by atoms with E-state index in [-0.39, 0.29) is 12.5 Å². The zero-order chi connectivity index (χ0) is 14.7. The van der Waals surface area contributed by atoms with E-state index in [0.29, 0.717) is 23.1 Å². The molecule has 1 aliphatic carbocycles.